The highest BCUT2D eigenvalue weighted by atomic mass is 35.5. The fourth-order valence-electron chi connectivity index (χ4n) is 2.73. The van der Waals surface area contributed by atoms with Crippen LogP contribution in [-0.2, 0) is 26.2 Å². The van der Waals surface area contributed by atoms with E-state index in [1.807, 2.05) is 30.3 Å². The molecule has 0 heterocycles. The van der Waals surface area contributed by atoms with Gasteiger partial charge < -0.3 is 10.1 Å². The van der Waals surface area contributed by atoms with Crippen molar-refractivity contribution in [1.82, 2.24) is 0 Å². The zero-order valence-electron chi connectivity index (χ0n) is 16.3. The van der Waals surface area contributed by atoms with E-state index in [-0.39, 0.29) is 17.4 Å². The van der Waals surface area contributed by atoms with E-state index in [4.69, 9.17) is 16.3 Å². The number of nitrogens with one attached hydrogen (secondary N) is 2. The molecule has 0 fully saturated rings. The van der Waals surface area contributed by atoms with Crippen molar-refractivity contribution in [2.45, 2.75) is 18.4 Å². The summed E-state index contributed by atoms with van der Waals surface area (Å²) >= 11 is 5.84. The fourth-order valence-corrected chi connectivity index (χ4v) is 4.18. The van der Waals surface area contributed by atoms with Crippen LogP contribution in [0.2, 0.25) is 5.02 Å². The van der Waals surface area contributed by atoms with Crippen molar-refractivity contribution in [3.63, 3.8) is 0 Å². The Bertz CT molecular complexity index is 1120. The van der Waals surface area contributed by atoms with E-state index in [1.165, 1.54) is 6.07 Å². The van der Waals surface area contributed by atoms with Crippen molar-refractivity contribution in [2.24, 2.45) is 0 Å². The number of benzene rings is 3. The maximum atomic E-state index is 12.8. The average Bonchev–Trinajstić information content (AvgIpc) is 2.72. The summed E-state index contributed by atoms with van der Waals surface area (Å²) in [7, 11) is -3.84. The van der Waals surface area contributed by atoms with E-state index in [0.29, 0.717) is 28.6 Å². The fraction of sp³-hybridized carbons (Fsp3) is 0.136. The second-order valence-corrected chi connectivity index (χ2v) is 8.71. The number of ether oxygens (including phenoxy) is 1. The summed E-state index contributed by atoms with van der Waals surface area (Å²) in [4.78, 5) is 12.2. The zero-order chi connectivity index (χ0) is 21.6. The van der Waals surface area contributed by atoms with Crippen molar-refractivity contribution in [3.05, 3.63) is 88.9 Å². The second kappa shape index (κ2) is 9.75. The summed E-state index contributed by atoms with van der Waals surface area (Å²) < 4.78 is 33.5. The van der Waals surface area contributed by atoms with Gasteiger partial charge in [0.2, 0.25) is 5.91 Å². The van der Waals surface area contributed by atoms with Gasteiger partial charge in [-0.3, -0.25) is 9.52 Å². The summed E-state index contributed by atoms with van der Waals surface area (Å²) in [6.45, 7) is 1.85. The van der Waals surface area contributed by atoms with Crippen LogP contribution < -0.4 is 10.0 Å². The van der Waals surface area contributed by atoms with Crippen molar-refractivity contribution >= 4 is 38.9 Å². The number of carbonyl (C=O) groups is 1. The standard InChI is InChI=1S/C22H21ClN2O4S/c1-16-7-10-20(24-22(26)15-29-14-17-5-3-2-4-6-17)13-21(16)30(27,28)25-19-11-8-18(23)9-12-19/h2-13,25H,14-15H2,1H3,(H,24,26). The van der Waals surface area contributed by atoms with Gasteiger partial charge in [0, 0.05) is 16.4 Å². The van der Waals surface area contributed by atoms with Crippen molar-refractivity contribution in [3.8, 4) is 0 Å². The van der Waals surface area contributed by atoms with E-state index in [9.17, 15) is 13.2 Å². The van der Waals surface area contributed by atoms with Gasteiger partial charge >= 0.3 is 0 Å². The van der Waals surface area contributed by atoms with Crippen molar-refractivity contribution in [2.75, 3.05) is 16.6 Å². The van der Waals surface area contributed by atoms with Crippen LogP contribution in [0.4, 0.5) is 11.4 Å². The Hall–Kier alpha value is -2.87. The number of aryl methyl sites for hydroxylation is 1. The molecule has 0 atom stereocenters. The molecule has 3 aromatic rings. The molecule has 0 spiro atoms. The molecule has 3 rings (SSSR count). The first-order valence-corrected chi connectivity index (χ1v) is 11.0. The van der Waals surface area contributed by atoms with Gasteiger partial charge in [0.05, 0.1) is 11.5 Å². The van der Waals surface area contributed by atoms with E-state index < -0.39 is 10.0 Å². The Kier molecular flexibility index (Phi) is 7.10. The highest BCUT2D eigenvalue weighted by Crippen LogP contribution is 2.23. The summed E-state index contributed by atoms with van der Waals surface area (Å²) in [5, 5.41) is 3.17. The Morgan fingerprint density at radius 1 is 0.967 bits per heavy atom. The number of hydrogen-bond acceptors (Lipinski definition) is 4. The SMILES string of the molecule is Cc1ccc(NC(=O)COCc2ccccc2)cc1S(=O)(=O)Nc1ccc(Cl)cc1. The Labute approximate surface area is 180 Å². The molecule has 0 aromatic heterocycles. The molecular formula is C22H21ClN2O4S. The molecule has 0 radical (unpaired) electrons. The average molecular weight is 445 g/mol. The quantitative estimate of drug-likeness (QED) is 0.531. The lowest BCUT2D eigenvalue weighted by Crippen LogP contribution is -2.19. The van der Waals surface area contributed by atoms with E-state index in [2.05, 4.69) is 10.0 Å². The molecule has 30 heavy (non-hydrogen) atoms. The number of carbonyl (C=O) groups excluding carboxylic acids is 1. The topological polar surface area (TPSA) is 84.5 Å². The molecule has 0 unspecified atom stereocenters. The van der Waals surface area contributed by atoms with Crippen LogP contribution in [0.1, 0.15) is 11.1 Å². The van der Waals surface area contributed by atoms with Crippen molar-refractivity contribution < 1.29 is 17.9 Å². The lowest BCUT2D eigenvalue weighted by Gasteiger charge is -2.13. The van der Waals surface area contributed by atoms with Crippen LogP contribution in [0.25, 0.3) is 0 Å². The molecule has 6 nitrogen and oxygen atoms in total. The lowest BCUT2D eigenvalue weighted by molar-refractivity contribution is -0.121. The van der Waals surface area contributed by atoms with Gasteiger partial charge in [0.15, 0.2) is 0 Å². The molecule has 1 amide bonds. The molecule has 0 saturated carbocycles. The second-order valence-electron chi connectivity index (χ2n) is 6.62. The van der Waals surface area contributed by atoms with Gasteiger partial charge in [-0.2, -0.15) is 0 Å². The molecule has 0 saturated heterocycles. The Morgan fingerprint density at radius 3 is 2.33 bits per heavy atom. The van der Waals surface area contributed by atoms with Crippen LogP contribution in [0.3, 0.4) is 0 Å². The van der Waals surface area contributed by atoms with Gasteiger partial charge in [0.25, 0.3) is 10.0 Å². The zero-order valence-corrected chi connectivity index (χ0v) is 17.8. The largest absolute Gasteiger partial charge is 0.367 e. The number of hydrogen-bond donors (Lipinski definition) is 2. The highest BCUT2D eigenvalue weighted by molar-refractivity contribution is 7.92. The number of anilines is 2. The van der Waals surface area contributed by atoms with Crippen LogP contribution in [0.5, 0.6) is 0 Å². The maximum Gasteiger partial charge on any atom is 0.262 e. The predicted octanol–water partition coefficient (Wildman–Crippen LogP) is 4.60. The van der Waals surface area contributed by atoms with Gasteiger partial charge in [-0.05, 0) is 54.4 Å². The highest BCUT2D eigenvalue weighted by Gasteiger charge is 2.18. The molecule has 0 aliphatic heterocycles. The monoisotopic (exact) mass is 444 g/mol. The van der Waals surface area contributed by atoms with Crippen LogP contribution in [0, 0.1) is 6.92 Å². The normalized spacial score (nSPS) is 11.1. The Balaban J connectivity index is 1.65. The number of rotatable bonds is 8. The lowest BCUT2D eigenvalue weighted by atomic mass is 10.2. The first-order valence-electron chi connectivity index (χ1n) is 9.14. The molecule has 0 aliphatic rings. The summed E-state index contributed by atoms with van der Waals surface area (Å²) in [5.74, 6) is -0.371. The van der Waals surface area contributed by atoms with E-state index >= 15 is 0 Å². The predicted molar refractivity (Wildman–Crippen MR) is 118 cm³/mol. The minimum absolute atomic E-state index is 0.0699. The van der Waals surface area contributed by atoms with Gasteiger partial charge in [-0.25, -0.2) is 8.42 Å². The molecule has 8 heteroatoms. The first kappa shape index (κ1) is 21.8. The first-order chi connectivity index (χ1) is 14.3. The molecule has 0 aliphatic carbocycles. The molecule has 2 N–H and O–H groups in total. The van der Waals surface area contributed by atoms with Gasteiger partial charge in [0.1, 0.15) is 6.61 Å². The molecule has 0 bridgehead atoms. The third-order valence-electron chi connectivity index (χ3n) is 4.20. The van der Waals surface area contributed by atoms with Crippen LogP contribution >= 0.6 is 11.6 Å². The third-order valence-corrected chi connectivity index (χ3v) is 5.98. The van der Waals surface area contributed by atoms with Crippen LogP contribution in [-0.4, -0.2) is 20.9 Å². The van der Waals surface area contributed by atoms with Gasteiger partial charge in [-0.1, -0.05) is 48.0 Å². The summed E-state index contributed by atoms with van der Waals surface area (Å²) in [5.41, 5.74) is 2.27. The van der Waals surface area contributed by atoms with Crippen LogP contribution in [0.15, 0.2) is 77.7 Å². The minimum Gasteiger partial charge on any atom is -0.367 e. The molecular weight excluding hydrogens is 424 g/mol. The van der Waals surface area contributed by atoms with E-state index in [0.717, 1.165) is 5.56 Å². The molecule has 3 aromatic carbocycles. The number of sulfonamides is 1. The third kappa shape index (κ3) is 6.06. The smallest absolute Gasteiger partial charge is 0.262 e. The molecule has 156 valence electrons. The maximum absolute atomic E-state index is 12.8. The summed E-state index contributed by atoms with van der Waals surface area (Å²) in [6, 6.07) is 20.5. The van der Waals surface area contributed by atoms with E-state index in [1.54, 1.807) is 43.3 Å². The Morgan fingerprint density at radius 2 is 1.63 bits per heavy atom. The van der Waals surface area contributed by atoms with Crippen molar-refractivity contribution in [1.29, 1.82) is 0 Å². The minimum atomic E-state index is -3.84. The number of amides is 1. The van der Waals surface area contributed by atoms with Gasteiger partial charge in [-0.15, -0.1) is 0 Å². The summed E-state index contributed by atoms with van der Waals surface area (Å²) in [6.07, 6.45) is 0. The number of halogens is 1.